The average molecular weight is 243 g/mol. The van der Waals surface area contributed by atoms with Gasteiger partial charge in [-0.05, 0) is 18.6 Å². The zero-order valence-corrected chi connectivity index (χ0v) is 9.90. The van der Waals surface area contributed by atoms with E-state index in [0.29, 0.717) is 5.65 Å². The summed E-state index contributed by atoms with van der Waals surface area (Å²) in [7, 11) is 0. The van der Waals surface area contributed by atoms with E-state index >= 15 is 0 Å². The molecule has 4 nitrogen and oxygen atoms in total. The van der Waals surface area contributed by atoms with Crippen molar-refractivity contribution in [2.24, 2.45) is 0 Å². The molecule has 2 aromatic heterocycles. The van der Waals surface area contributed by atoms with Gasteiger partial charge in [-0.2, -0.15) is 0 Å². The van der Waals surface area contributed by atoms with Crippen molar-refractivity contribution in [1.29, 1.82) is 0 Å². The second kappa shape index (κ2) is 3.78. The molecular weight excluding hydrogens is 234 g/mol. The van der Waals surface area contributed by atoms with Gasteiger partial charge in [0.2, 0.25) is 0 Å². The first kappa shape index (κ1) is 10.2. The minimum absolute atomic E-state index is 0.280. The first-order valence-electron chi connectivity index (χ1n) is 5.11. The van der Waals surface area contributed by atoms with Gasteiger partial charge in [-0.25, -0.2) is 15.0 Å². The first-order chi connectivity index (χ1) is 8.24. The Bertz CT molecular complexity index is 660. The maximum absolute atomic E-state index is 9.68. The molecule has 0 spiro atoms. The lowest BCUT2D eigenvalue weighted by Crippen LogP contribution is -1.80. The highest BCUT2D eigenvalue weighted by molar-refractivity contribution is 7.21. The molecule has 0 unspecified atom stereocenters. The van der Waals surface area contributed by atoms with Crippen LogP contribution in [0.3, 0.4) is 0 Å². The number of hydrogen-bond acceptors (Lipinski definition) is 5. The molecule has 3 aromatic rings. The molecule has 0 aliphatic rings. The fraction of sp³-hybridized carbons (Fsp3) is 0.0833. The van der Waals surface area contributed by atoms with Gasteiger partial charge < -0.3 is 5.11 Å². The summed E-state index contributed by atoms with van der Waals surface area (Å²) in [5.41, 5.74) is 2.39. The van der Waals surface area contributed by atoms with Crippen LogP contribution < -0.4 is 0 Å². The Morgan fingerprint density at radius 2 is 2.00 bits per heavy atom. The van der Waals surface area contributed by atoms with Crippen molar-refractivity contribution in [1.82, 2.24) is 15.0 Å². The van der Waals surface area contributed by atoms with Gasteiger partial charge in [0.25, 0.3) is 0 Å². The molecule has 84 valence electrons. The Kier molecular flexibility index (Phi) is 2.26. The van der Waals surface area contributed by atoms with Gasteiger partial charge >= 0.3 is 0 Å². The van der Waals surface area contributed by atoms with Crippen molar-refractivity contribution >= 4 is 21.8 Å². The molecule has 2 heterocycles. The third-order valence-corrected chi connectivity index (χ3v) is 3.51. The number of nitrogens with zero attached hydrogens (tertiary/aromatic N) is 3. The van der Waals surface area contributed by atoms with Gasteiger partial charge in [-0.3, -0.25) is 0 Å². The fourth-order valence-corrected chi connectivity index (χ4v) is 2.41. The Hall–Kier alpha value is -2.01. The number of aryl methyl sites for hydroxylation is 1. The van der Waals surface area contributed by atoms with Crippen LogP contribution in [0.25, 0.3) is 21.0 Å². The standard InChI is InChI=1S/C12H9N3OS/c1-7-2-3-8(6-9(7)16)11-15-10-12(17-11)14-5-4-13-10/h2-6,16H,1H3. The summed E-state index contributed by atoms with van der Waals surface area (Å²) in [6.07, 6.45) is 3.27. The third kappa shape index (κ3) is 1.74. The highest BCUT2D eigenvalue weighted by atomic mass is 32.1. The molecule has 17 heavy (non-hydrogen) atoms. The number of aromatic hydroxyl groups is 1. The minimum atomic E-state index is 0.280. The maximum atomic E-state index is 9.68. The van der Waals surface area contributed by atoms with Gasteiger partial charge in [0.1, 0.15) is 10.8 Å². The summed E-state index contributed by atoms with van der Waals surface area (Å²) >= 11 is 1.47. The molecule has 5 heteroatoms. The molecule has 0 amide bonds. The zero-order chi connectivity index (χ0) is 11.8. The highest BCUT2D eigenvalue weighted by Gasteiger charge is 2.08. The predicted molar refractivity (Wildman–Crippen MR) is 67.0 cm³/mol. The number of aromatic nitrogens is 3. The third-order valence-electron chi connectivity index (χ3n) is 2.50. The van der Waals surface area contributed by atoms with Crippen LogP contribution in [0.2, 0.25) is 0 Å². The van der Waals surface area contributed by atoms with E-state index in [0.717, 1.165) is 21.0 Å². The van der Waals surface area contributed by atoms with Crippen LogP contribution in [0, 0.1) is 6.92 Å². The predicted octanol–water partition coefficient (Wildman–Crippen LogP) is 2.77. The first-order valence-corrected chi connectivity index (χ1v) is 5.93. The molecule has 1 N–H and O–H groups in total. The lowest BCUT2D eigenvalue weighted by molar-refractivity contribution is 0.471. The van der Waals surface area contributed by atoms with Crippen molar-refractivity contribution < 1.29 is 5.11 Å². The molecular formula is C12H9N3OS. The zero-order valence-electron chi connectivity index (χ0n) is 9.08. The Morgan fingerprint density at radius 3 is 2.76 bits per heavy atom. The molecule has 0 saturated heterocycles. The van der Waals surface area contributed by atoms with Crippen LogP contribution in [0.15, 0.2) is 30.6 Å². The minimum Gasteiger partial charge on any atom is -0.508 e. The van der Waals surface area contributed by atoms with E-state index in [1.807, 2.05) is 19.1 Å². The van der Waals surface area contributed by atoms with E-state index in [2.05, 4.69) is 15.0 Å². The molecule has 0 radical (unpaired) electrons. The highest BCUT2D eigenvalue weighted by Crippen LogP contribution is 2.30. The number of hydrogen-bond donors (Lipinski definition) is 1. The topological polar surface area (TPSA) is 58.9 Å². The van der Waals surface area contributed by atoms with E-state index in [-0.39, 0.29) is 5.75 Å². The molecule has 1 aromatic carbocycles. The smallest absolute Gasteiger partial charge is 0.190 e. The average Bonchev–Trinajstić information content (AvgIpc) is 2.76. The number of phenolic OH excluding ortho intramolecular Hbond substituents is 1. The van der Waals surface area contributed by atoms with Gasteiger partial charge in [-0.1, -0.05) is 23.5 Å². The number of fused-ring (bicyclic) bond motifs is 1. The molecule has 0 atom stereocenters. The van der Waals surface area contributed by atoms with E-state index in [1.54, 1.807) is 18.5 Å². The molecule has 0 aliphatic heterocycles. The number of phenols is 1. The molecule has 3 rings (SSSR count). The molecule has 0 aliphatic carbocycles. The SMILES string of the molecule is Cc1ccc(-c2nc3nccnc3s2)cc1O. The second-order valence-corrected chi connectivity index (χ2v) is 4.68. The summed E-state index contributed by atoms with van der Waals surface area (Å²) in [5.74, 6) is 0.280. The lowest BCUT2D eigenvalue weighted by atomic mass is 10.1. The van der Waals surface area contributed by atoms with Crippen molar-refractivity contribution in [3.8, 4) is 16.3 Å². The molecule has 0 fully saturated rings. The maximum Gasteiger partial charge on any atom is 0.190 e. The lowest BCUT2D eigenvalue weighted by Gasteiger charge is -2.00. The van der Waals surface area contributed by atoms with Gasteiger partial charge in [0, 0.05) is 18.0 Å². The Balaban J connectivity index is 2.17. The van der Waals surface area contributed by atoms with Gasteiger partial charge in [0.05, 0.1) is 0 Å². The summed E-state index contributed by atoms with van der Waals surface area (Å²) in [5, 5.41) is 10.5. The summed E-state index contributed by atoms with van der Waals surface area (Å²) in [4.78, 5) is 13.5. The van der Waals surface area contributed by atoms with Crippen LogP contribution in [0.4, 0.5) is 0 Å². The normalized spacial score (nSPS) is 10.9. The monoisotopic (exact) mass is 243 g/mol. The fourth-order valence-electron chi connectivity index (χ4n) is 1.54. The second-order valence-electron chi connectivity index (χ2n) is 3.71. The van der Waals surface area contributed by atoms with Crippen LogP contribution in [-0.2, 0) is 0 Å². The van der Waals surface area contributed by atoms with E-state index in [9.17, 15) is 5.11 Å². The number of thiazole rings is 1. The summed E-state index contributed by atoms with van der Waals surface area (Å²) in [6.45, 7) is 1.86. The van der Waals surface area contributed by atoms with Crippen LogP contribution in [-0.4, -0.2) is 20.1 Å². The van der Waals surface area contributed by atoms with Gasteiger partial charge in [0.15, 0.2) is 10.5 Å². The van der Waals surface area contributed by atoms with E-state index in [4.69, 9.17) is 0 Å². The summed E-state index contributed by atoms with van der Waals surface area (Å²) in [6, 6.07) is 5.53. The van der Waals surface area contributed by atoms with Gasteiger partial charge in [-0.15, -0.1) is 0 Å². The Morgan fingerprint density at radius 1 is 1.18 bits per heavy atom. The van der Waals surface area contributed by atoms with E-state index in [1.165, 1.54) is 11.3 Å². The summed E-state index contributed by atoms with van der Waals surface area (Å²) < 4.78 is 0. The van der Waals surface area contributed by atoms with Crippen molar-refractivity contribution in [3.63, 3.8) is 0 Å². The van der Waals surface area contributed by atoms with E-state index < -0.39 is 0 Å². The largest absolute Gasteiger partial charge is 0.508 e. The Labute approximate surface area is 102 Å². The van der Waals surface area contributed by atoms with Crippen LogP contribution in [0.5, 0.6) is 5.75 Å². The molecule has 0 saturated carbocycles. The quantitative estimate of drug-likeness (QED) is 0.714. The van der Waals surface area contributed by atoms with Crippen molar-refractivity contribution in [3.05, 3.63) is 36.2 Å². The van der Waals surface area contributed by atoms with Crippen LogP contribution >= 0.6 is 11.3 Å². The molecule has 0 bridgehead atoms. The van der Waals surface area contributed by atoms with Crippen molar-refractivity contribution in [2.45, 2.75) is 6.92 Å². The number of benzene rings is 1. The number of rotatable bonds is 1. The van der Waals surface area contributed by atoms with Crippen molar-refractivity contribution in [2.75, 3.05) is 0 Å². The van der Waals surface area contributed by atoms with Crippen LogP contribution in [0.1, 0.15) is 5.56 Å².